The molecule has 9 nitrogen and oxygen atoms in total. The van der Waals surface area contributed by atoms with Crippen LogP contribution in [0, 0.1) is 0 Å². The van der Waals surface area contributed by atoms with E-state index in [0.717, 1.165) is 0 Å². The summed E-state index contributed by atoms with van der Waals surface area (Å²) in [5.74, 6) is -1.01. The van der Waals surface area contributed by atoms with Crippen LogP contribution < -0.4 is 10.1 Å². The molecule has 0 spiro atoms. The number of rotatable bonds is 5. The van der Waals surface area contributed by atoms with Gasteiger partial charge in [0, 0.05) is 6.92 Å². The summed E-state index contributed by atoms with van der Waals surface area (Å²) in [6, 6.07) is 5.09. The van der Waals surface area contributed by atoms with E-state index < -0.39 is 49.1 Å². The molecule has 4 N–H and O–H groups in total. The Morgan fingerprint density at radius 2 is 1.92 bits per heavy atom. The lowest BCUT2D eigenvalue weighted by atomic mass is 9.97. The zero-order chi connectivity index (χ0) is 18.6. The quantitative estimate of drug-likeness (QED) is 0.484. The number of hydrogen-bond donors (Lipinski definition) is 4. The van der Waals surface area contributed by atoms with Crippen molar-refractivity contribution >= 4 is 11.9 Å². The molecule has 1 aromatic carbocycles. The van der Waals surface area contributed by atoms with Crippen LogP contribution in [0.2, 0.25) is 0 Å². The molecule has 9 heteroatoms. The fraction of sp³-hybridized carbons (Fsp3) is 0.500. The highest BCUT2D eigenvalue weighted by molar-refractivity contribution is 5.92. The molecule has 0 bridgehead atoms. The number of aliphatic hydroxyl groups excluding tert-OH is 3. The highest BCUT2D eigenvalue weighted by Gasteiger charge is 2.46. The highest BCUT2D eigenvalue weighted by Crippen LogP contribution is 2.27. The Morgan fingerprint density at radius 1 is 1.24 bits per heavy atom. The first-order valence-electron chi connectivity index (χ1n) is 7.62. The van der Waals surface area contributed by atoms with E-state index in [1.54, 1.807) is 12.1 Å². The minimum atomic E-state index is -1.44. The minimum absolute atomic E-state index is 0.106. The zero-order valence-electron chi connectivity index (χ0n) is 13.8. The van der Waals surface area contributed by atoms with Crippen LogP contribution in [0.25, 0.3) is 0 Å². The zero-order valence-corrected chi connectivity index (χ0v) is 13.8. The summed E-state index contributed by atoms with van der Waals surface area (Å²) in [7, 11) is 1.22. The van der Waals surface area contributed by atoms with Gasteiger partial charge in [-0.2, -0.15) is 0 Å². The van der Waals surface area contributed by atoms with Crippen molar-refractivity contribution < 1.29 is 39.1 Å². The Kier molecular flexibility index (Phi) is 6.32. The van der Waals surface area contributed by atoms with E-state index in [-0.39, 0.29) is 11.3 Å². The Morgan fingerprint density at radius 3 is 2.52 bits per heavy atom. The first kappa shape index (κ1) is 19.1. The van der Waals surface area contributed by atoms with E-state index in [9.17, 15) is 24.9 Å². The molecule has 0 radical (unpaired) electrons. The molecule has 25 heavy (non-hydrogen) atoms. The van der Waals surface area contributed by atoms with Crippen molar-refractivity contribution in [3.63, 3.8) is 0 Å². The first-order valence-corrected chi connectivity index (χ1v) is 7.62. The number of methoxy groups -OCH3 is 1. The molecule has 1 aliphatic rings. The second-order valence-corrected chi connectivity index (χ2v) is 5.54. The van der Waals surface area contributed by atoms with Crippen LogP contribution in [0.15, 0.2) is 24.3 Å². The van der Waals surface area contributed by atoms with Crippen LogP contribution in [0.1, 0.15) is 17.3 Å². The van der Waals surface area contributed by atoms with E-state index in [1.165, 1.54) is 26.2 Å². The molecule has 1 fully saturated rings. The number of hydrogen-bond acceptors (Lipinski definition) is 8. The smallest absolute Gasteiger partial charge is 0.341 e. The highest BCUT2D eigenvalue weighted by atomic mass is 16.7. The number of amides is 1. The SMILES string of the molecule is COC(=O)c1ccccc1O[C@H]1O[C@@H](CO)[C@@H](O)[C@@H](O)[C@@H]1NC(C)=O. The maximum Gasteiger partial charge on any atom is 0.341 e. The van der Waals surface area contributed by atoms with Crippen molar-refractivity contribution in [3.05, 3.63) is 29.8 Å². The molecule has 1 aliphatic heterocycles. The van der Waals surface area contributed by atoms with Crippen molar-refractivity contribution in [1.82, 2.24) is 5.32 Å². The van der Waals surface area contributed by atoms with Crippen LogP contribution >= 0.6 is 0 Å². The molecule has 138 valence electrons. The summed E-state index contributed by atoms with van der Waals surface area (Å²) in [6.45, 7) is 0.667. The maximum absolute atomic E-state index is 11.8. The first-order chi connectivity index (χ1) is 11.9. The lowest BCUT2D eigenvalue weighted by Gasteiger charge is -2.42. The summed E-state index contributed by atoms with van der Waals surface area (Å²) in [5.41, 5.74) is 0.122. The summed E-state index contributed by atoms with van der Waals surface area (Å²) >= 11 is 0. The topological polar surface area (TPSA) is 135 Å². The van der Waals surface area contributed by atoms with Crippen LogP contribution in [0.4, 0.5) is 0 Å². The third-order valence-corrected chi connectivity index (χ3v) is 3.79. The van der Waals surface area contributed by atoms with E-state index >= 15 is 0 Å². The number of aliphatic hydroxyl groups is 3. The second kappa shape index (κ2) is 8.26. The van der Waals surface area contributed by atoms with Crippen molar-refractivity contribution in [2.75, 3.05) is 13.7 Å². The largest absolute Gasteiger partial charge is 0.465 e. The van der Waals surface area contributed by atoms with Gasteiger partial charge in [-0.05, 0) is 12.1 Å². The van der Waals surface area contributed by atoms with Gasteiger partial charge in [0.2, 0.25) is 12.2 Å². The molecular formula is C16H21NO8. The van der Waals surface area contributed by atoms with E-state index in [1.807, 2.05) is 0 Å². The lowest BCUT2D eigenvalue weighted by molar-refractivity contribution is -0.244. The van der Waals surface area contributed by atoms with E-state index in [0.29, 0.717) is 0 Å². The monoisotopic (exact) mass is 355 g/mol. The molecular weight excluding hydrogens is 334 g/mol. The molecule has 0 aliphatic carbocycles. The van der Waals surface area contributed by atoms with Gasteiger partial charge in [0.25, 0.3) is 0 Å². The third-order valence-electron chi connectivity index (χ3n) is 3.79. The number of ether oxygens (including phenoxy) is 3. The van der Waals surface area contributed by atoms with Gasteiger partial charge in [0.15, 0.2) is 0 Å². The molecule has 1 saturated heterocycles. The number of carbonyl (C=O) groups is 2. The third kappa shape index (κ3) is 4.26. The minimum Gasteiger partial charge on any atom is -0.465 e. The number of esters is 1. The van der Waals surface area contributed by atoms with Crippen molar-refractivity contribution in [2.45, 2.75) is 37.6 Å². The van der Waals surface area contributed by atoms with Gasteiger partial charge >= 0.3 is 5.97 Å². The predicted molar refractivity (Wildman–Crippen MR) is 83.8 cm³/mol. The maximum atomic E-state index is 11.8. The van der Waals surface area contributed by atoms with Crippen molar-refractivity contribution in [2.24, 2.45) is 0 Å². The Labute approximate surface area is 144 Å². The fourth-order valence-electron chi connectivity index (χ4n) is 2.54. The van der Waals surface area contributed by atoms with Gasteiger partial charge in [-0.25, -0.2) is 4.79 Å². The van der Waals surface area contributed by atoms with Gasteiger partial charge in [-0.15, -0.1) is 0 Å². The summed E-state index contributed by atoms with van der Waals surface area (Å²) in [5, 5.41) is 31.9. The van der Waals surface area contributed by atoms with E-state index in [2.05, 4.69) is 10.1 Å². The predicted octanol–water partition coefficient (Wildman–Crippen LogP) is -1.20. The number of benzene rings is 1. The number of carbonyl (C=O) groups excluding carboxylic acids is 2. The van der Waals surface area contributed by atoms with Crippen LogP contribution in [0.5, 0.6) is 5.75 Å². The van der Waals surface area contributed by atoms with Gasteiger partial charge in [-0.1, -0.05) is 12.1 Å². The standard InChI is InChI=1S/C16H21NO8/c1-8(19)17-12-14(21)13(20)11(7-18)25-16(12)24-10-6-4-3-5-9(10)15(22)23-2/h3-6,11-14,16,18,20-21H,7H2,1-2H3,(H,17,19)/t11-,12-,13+,14-,16-/m0/s1. The molecule has 5 atom stereocenters. The second-order valence-electron chi connectivity index (χ2n) is 5.54. The molecule has 0 saturated carbocycles. The molecule has 1 heterocycles. The van der Waals surface area contributed by atoms with Crippen molar-refractivity contribution in [1.29, 1.82) is 0 Å². The van der Waals surface area contributed by atoms with Gasteiger partial charge in [0.05, 0.1) is 13.7 Å². The summed E-state index contributed by atoms with van der Waals surface area (Å²) in [4.78, 5) is 23.2. The fourth-order valence-corrected chi connectivity index (χ4v) is 2.54. The Balaban J connectivity index is 2.30. The molecule has 0 aromatic heterocycles. The Bertz CT molecular complexity index is 622. The van der Waals surface area contributed by atoms with Crippen LogP contribution in [0.3, 0.4) is 0 Å². The van der Waals surface area contributed by atoms with E-state index in [4.69, 9.17) is 9.47 Å². The number of nitrogens with one attached hydrogen (secondary N) is 1. The molecule has 1 aromatic rings. The molecule has 1 amide bonds. The molecule has 2 rings (SSSR count). The van der Waals surface area contributed by atoms with Gasteiger partial charge in [0.1, 0.15) is 35.7 Å². The normalized spacial score (nSPS) is 28.9. The average molecular weight is 355 g/mol. The van der Waals surface area contributed by atoms with Crippen molar-refractivity contribution in [3.8, 4) is 5.75 Å². The lowest BCUT2D eigenvalue weighted by Crippen LogP contribution is -2.65. The Hall–Kier alpha value is -2.20. The van der Waals surface area contributed by atoms with Gasteiger partial charge in [-0.3, -0.25) is 4.79 Å². The van der Waals surface area contributed by atoms with Crippen LogP contribution in [-0.4, -0.2) is 71.6 Å². The van der Waals surface area contributed by atoms with Crippen LogP contribution in [-0.2, 0) is 14.3 Å². The number of para-hydroxylation sites is 1. The summed E-state index contributed by atoms with van der Waals surface area (Å²) in [6.07, 6.45) is -5.22. The average Bonchev–Trinajstić information content (AvgIpc) is 2.60. The molecule has 0 unspecified atom stereocenters. The summed E-state index contributed by atoms with van der Waals surface area (Å²) < 4.78 is 15.8. The van der Waals surface area contributed by atoms with Gasteiger partial charge < -0.3 is 34.8 Å².